The van der Waals surface area contributed by atoms with Crippen LogP contribution < -0.4 is 32.6 Å². The molecule has 0 bridgehead atoms. The van der Waals surface area contributed by atoms with E-state index in [1.54, 1.807) is 13.2 Å². The molecule has 212 valence electrons. The molecule has 10 nitrogen and oxygen atoms in total. The summed E-state index contributed by atoms with van der Waals surface area (Å²) in [5, 5.41) is 26.6. The van der Waals surface area contributed by atoms with Crippen LogP contribution in [0, 0.1) is 0 Å². The van der Waals surface area contributed by atoms with E-state index in [9.17, 15) is 10.2 Å². The molecule has 0 aliphatic heterocycles. The predicted octanol–water partition coefficient (Wildman–Crippen LogP) is 2.85. The highest BCUT2D eigenvalue weighted by Crippen LogP contribution is 2.34. The van der Waals surface area contributed by atoms with Crippen molar-refractivity contribution in [1.29, 1.82) is 0 Å². The van der Waals surface area contributed by atoms with E-state index in [2.05, 4.69) is 15.4 Å². The normalized spacial score (nSPS) is 11.2. The van der Waals surface area contributed by atoms with Crippen LogP contribution in [-0.2, 0) is 9.47 Å². The second-order valence-electron chi connectivity index (χ2n) is 8.26. The summed E-state index contributed by atoms with van der Waals surface area (Å²) in [6, 6.07) is 10.6. The minimum atomic E-state index is -0.616. The maximum Gasteiger partial charge on any atom is 0.125 e. The Bertz CT molecular complexity index is 820. The summed E-state index contributed by atoms with van der Waals surface area (Å²) in [5.41, 5.74) is 18.2. The average molecular weight is 524 g/mol. The van der Waals surface area contributed by atoms with Gasteiger partial charge >= 0.3 is 0 Å². The molecule has 2 aromatic carbocycles. The Balaban J connectivity index is 0.00000142. The highest BCUT2D eigenvalue weighted by atomic mass is 16.5. The third kappa shape index (κ3) is 15.3. The zero-order valence-corrected chi connectivity index (χ0v) is 23.1. The van der Waals surface area contributed by atoms with Crippen molar-refractivity contribution in [2.45, 2.75) is 39.8 Å². The molecule has 1 atom stereocenters. The van der Waals surface area contributed by atoms with Gasteiger partial charge in [-0.25, -0.2) is 0 Å². The highest BCUT2D eigenvalue weighted by molar-refractivity contribution is 5.52. The van der Waals surface area contributed by atoms with E-state index < -0.39 is 6.17 Å². The number of nitrogens with two attached hydrogens (primary N) is 3. The first kappa shape index (κ1) is 34.4. The molecule has 0 amide bonds. The van der Waals surface area contributed by atoms with Crippen LogP contribution in [0.4, 0.5) is 5.69 Å². The number of nitrogens with one attached hydrogen (secondary N) is 2. The van der Waals surface area contributed by atoms with Gasteiger partial charge in [-0.2, -0.15) is 0 Å². The lowest BCUT2D eigenvalue weighted by atomic mass is 9.98. The Hall–Kier alpha value is -2.60. The van der Waals surface area contributed by atoms with Crippen LogP contribution in [0.1, 0.15) is 50.9 Å². The molecule has 10 N–H and O–H groups in total. The highest BCUT2D eigenvalue weighted by Gasteiger charge is 2.16. The Morgan fingerprint density at radius 1 is 0.892 bits per heavy atom. The first-order valence-electron chi connectivity index (χ1n) is 12.7. The monoisotopic (exact) mass is 523 g/mol. The van der Waals surface area contributed by atoms with Gasteiger partial charge in [0.25, 0.3) is 0 Å². The molecule has 0 saturated carbocycles. The summed E-state index contributed by atoms with van der Waals surface area (Å²) in [4.78, 5) is 0. The van der Waals surface area contributed by atoms with E-state index in [1.165, 1.54) is 6.07 Å². The van der Waals surface area contributed by atoms with Crippen LogP contribution in [0.15, 0.2) is 36.4 Å². The molecule has 1 unspecified atom stereocenters. The number of hydrogen-bond acceptors (Lipinski definition) is 10. The number of ether oxygens (including phenoxy) is 3. The largest absolute Gasteiger partial charge is 0.508 e. The van der Waals surface area contributed by atoms with Crippen molar-refractivity contribution in [2.24, 2.45) is 17.2 Å². The van der Waals surface area contributed by atoms with Crippen LogP contribution in [0.5, 0.6) is 17.2 Å². The summed E-state index contributed by atoms with van der Waals surface area (Å²) in [6.45, 7) is 13.4. The van der Waals surface area contributed by atoms with Gasteiger partial charge in [-0.3, -0.25) is 0 Å². The number of aromatic hydroxyl groups is 2. The van der Waals surface area contributed by atoms with E-state index >= 15 is 0 Å². The quantitative estimate of drug-likeness (QED) is 0.144. The van der Waals surface area contributed by atoms with Crippen molar-refractivity contribution < 1.29 is 24.4 Å². The molecule has 2 aromatic rings. The van der Waals surface area contributed by atoms with Crippen molar-refractivity contribution in [3.63, 3.8) is 0 Å². The molecule has 0 fully saturated rings. The van der Waals surface area contributed by atoms with Crippen molar-refractivity contribution >= 4 is 5.69 Å². The molecule has 0 aromatic heterocycles. The fraction of sp³-hybridized carbons (Fsp3) is 0.556. The van der Waals surface area contributed by atoms with Crippen LogP contribution in [-0.4, -0.2) is 69.9 Å². The lowest BCUT2D eigenvalue weighted by Gasteiger charge is -2.19. The Kier molecular flexibility index (Phi) is 20.0. The lowest BCUT2D eigenvalue weighted by molar-refractivity contribution is 0.148. The van der Waals surface area contributed by atoms with E-state index in [4.69, 9.17) is 26.7 Å². The number of benzene rings is 2. The average Bonchev–Trinajstić information content (AvgIpc) is 2.85. The van der Waals surface area contributed by atoms with E-state index in [1.807, 2.05) is 52.0 Å². The fourth-order valence-electron chi connectivity index (χ4n) is 3.00. The van der Waals surface area contributed by atoms with Gasteiger partial charge in [0.1, 0.15) is 30.0 Å². The van der Waals surface area contributed by atoms with Gasteiger partial charge in [0.15, 0.2) is 0 Å². The van der Waals surface area contributed by atoms with Crippen LogP contribution >= 0.6 is 0 Å². The second-order valence-corrected chi connectivity index (χ2v) is 8.26. The summed E-state index contributed by atoms with van der Waals surface area (Å²) in [5.74, 6) is 0.919. The Morgan fingerprint density at radius 3 is 2.00 bits per heavy atom. The third-order valence-corrected chi connectivity index (χ3v) is 4.81. The molecule has 0 saturated heterocycles. The van der Waals surface area contributed by atoms with Gasteiger partial charge in [0, 0.05) is 50.7 Å². The molecule has 0 aliphatic carbocycles. The zero-order valence-electron chi connectivity index (χ0n) is 23.1. The molecule has 2 rings (SSSR count). The minimum absolute atomic E-state index is 0.0382. The smallest absolute Gasteiger partial charge is 0.125 e. The summed E-state index contributed by atoms with van der Waals surface area (Å²) in [7, 11) is 1.63. The standard InChI is InChI=1S/C22H33N3O4.C3H9NO.C2H7N/c1-4-28-11-9-24-10-12-29-17-7-5-16(6-8-17)25-22(23)19-13-18(15(2)3)20(26)14-21(19)27;1-5-3-2-4;1-2-3/h5-8,13-15,22,24-27H,4,9-12,23H2,1-3H3;2-4H2,1H3;2-3H2,1H3. The molecule has 0 heterocycles. The number of phenolic OH excluding ortho intramolecular Hbond substituents is 2. The number of anilines is 1. The number of rotatable bonds is 14. The number of hydrogen-bond donors (Lipinski definition) is 7. The summed E-state index contributed by atoms with van der Waals surface area (Å²) < 4.78 is 15.5. The predicted molar refractivity (Wildman–Crippen MR) is 151 cm³/mol. The first-order chi connectivity index (χ1) is 17.7. The molecular formula is C27H49N5O5. The Labute approximate surface area is 222 Å². The number of methoxy groups -OCH3 is 1. The SMILES string of the molecule is CCN.CCOCCNCCOc1ccc(NC(N)c2cc(C(C)C)c(O)cc2O)cc1.COCCN. The Morgan fingerprint density at radius 2 is 1.49 bits per heavy atom. The molecule has 0 radical (unpaired) electrons. The topological polar surface area (TPSA) is 170 Å². The summed E-state index contributed by atoms with van der Waals surface area (Å²) >= 11 is 0. The molecule has 0 spiro atoms. The fourth-order valence-corrected chi connectivity index (χ4v) is 3.00. The lowest BCUT2D eigenvalue weighted by Crippen LogP contribution is -2.25. The van der Waals surface area contributed by atoms with Gasteiger partial charge < -0.3 is 52.3 Å². The van der Waals surface area contributed by atoms with Crippen molar-refractivity contribution in [3.8, 4) is 17.2 Å². The minimum Gasteiger partial charge on any atom is -0.508 e. The molecule has 10 heteroatoms. The van der Waals surface area contributed by atoms with E-state index in [-0.39, 0.29) is 17.4 Å². The van der Waals surface area contributed by atoms with Gasteiger partial charge in [-0.05, 0) is 55.3 Å². The van der Waals surface area contributed by atoms with Gasteiger partial charge in [0.05, 0.1) is 13.2 Å². The maximum atomic E-state index is 10.2. The molecule has 37 heavy (non-hydrogen) atoms. The second kappa shape index (κ2) is 21.5. The van der Waals surface area contributed by atoms with Gasteiger partial charge in [0.2, 0.25) is 0 Å². The van der Waals surface area contributed by atoms with Crippen LogP contribution in [0.2, 0.25) is 0 Å². The maximum absolute atomic E-state index is 10.2. The van der Waals surface area contributed by atoms with Crippen LogP contribution in [0.25, 0.3) is 0 Å². The number of phenols is 2. The van der Waals surface area contributed by atoms with Crippen molar-refractivity contribution in [1.82, 2.24) is 5.32 Å². The first-order valence-corrected chi connectivity index (χ1v) is 12.7. The van der Waals surface area contributed by atoms with Gasteiger partial charge in [-0.1, -0.05) is 20.8 Å². The van der Waals surface area contributed by atoms with Gasteiger partial charge in [-0.15, -0.1) is 0 Å². The van der Waals surface area contributed by atoms with E-state index in [0.717, 1.165) is 43.2 Å². The van der Waals surface area contributed by atoms with Crippen molar-refractivity contribution in [2.75, 3.05) is 65.0 Å². The van der Waals surface area contributed by atoms with E-state index in [0.29, 0.717) is 31.9 Å². The van der Waals surface area contributed by atoms with Crippen molar-refractivity contribution in [3.05, 3.63) is 47.5 Å². The van der Waals surface area contributed by atoms with Crippen LogP contribution in [0.3, 0.4) is 0 Å². The molecule has 0 aliphatic rings. The third-order valence-electron chi connectivity index (χ3n) is 4.81. The zero-order chi connectivity index (χ0) is 28.1. The summed E-state index contributed by atoms with van der Waals surface area (Å²) in [6.07, 6.45) is -0.616. The molecular weight excluding hydrogens is 474 g/mol.